The van der Waals surface area contributed by atoms with Crippen molar-refractivity contribution in [3.05, 3.63) is 102 Å². The van der Waals surface area contributed by atoms with Crippen LogP contribution in [0.5, 0.6) is 0 Å². The number of aromatic carboxylic acids is 1. The lowest BCUT2D eigenvalue weighted by molar-refractivity contribution is 0.0112. The number of aromatic nitrogens is 2. The van der Waals surface area contributed by atoms with E-state index in [0.717, 1.165) is 37.9 Å². The van der Waals surface area contributed by atoms with Gasteiger partial charge in [0.1, 0.15) is 5.65 Å². The van der Waals surface area contributed by atoms with Crippen LogP contribution in [0.4, 0.5) is 5.69 Å². The number of hydrogen-bond donors (Lipinski definition) is 1. The summed E-state index contributed by atoms with van der Waals surface area (Å²) in [6.45, 7) is 1.37. The molecule has 0 saturated heterocycles. The number of fused-ring (bicyclic) bond motifs is 1. The fraction of sp³-hybridized carbons (Fsp3) is 0.286. The lowest BCUT2D eigenvalue weighted by Crippen LogP contribution is -2.40. The molecule has 1 saturated carbocycles. The van der Waals surface area contributed by atoms with E-state index >= 15 is 0 Å². The van der Waals surface area contributed by atoms with Gasteiger partial charge in [0.15, 0.2) is 5.69 Å². The molecule has 2 heterocycles. The maximum Gasteiger partial charge on any atom is 0.354 e. The second-order valence-corrected chi connectivity index (χ2v) is 8.92. The average Bonchev–Trinajstić information content (AvgIpc) is 3.31. The Morgan fingerprint density at radius 2 is 1.74 bits per heavy atom. The van der Waals surface area contributed by atoms with Crippen LogP contribution in [-0.2, 0) is 17.9 Å². The molecule has 5 rings (SSSR count). The molecular formula is C28H29N3O3. The number of rotatable bonds is 8. The van der Waals surface area contributed by atoms with Gasteiger partial charge in [0.25, 0.3) is 0 Å². The van der Waals surface area contributed by atoms with Crippen molar-refractivity contribution in [1.29, 1.82) is 0 Å². The quantitative estimate of drug-likeness (QED) is 0.376. The van der Waals surface area contributed by atoms with Gasteiger partial charge in [0, 0.05) is 18.8 Å². The van der Waals surface area contributed by atoms with Gasteiger partial charge >= 0.3 is 5.97 Å². The minimum atomic E-state index is -0.980. The highest BCUT2D eigenvalue weighted by Gasteiger charge is 2.28. The van der Waals surface area contributed by atoms with Crippen LogP contribution < -0.4 is 4.90 Å². The Kier molecular flexibility index (Phi) is 6.58. The SMILES string of the molecule is O=C(O)c1cnc2ccc(N(Cc3ccccc3)C3CCCC(OCc4ccccc4)C3)cn12. The number of imidazole rings is 1. The zero-order valence-electron chi connectivity index (χ0n) is 19.1. The highest BCUT2D eigenvalue weighted by molar-refractivity contribution is 5.86. The molecule has 6 heteroatoms. The molecule has 2 aromatic heterocycles. The number of carboxylic acids is 1. The van der Waals surface area contributed by atoms with E-state index in [2.05, 4.69) is 46.3 Å². The van der Waals surface area contributed by atoms with Gasteiger partial charge in [0.05, 0.1) is 24.6 Å². The molecule has 0 bridgehead atoms. The Balaban J connectivity index is 1.41. The zero-order chi connectivity index (χ0) is 23.3. The van der Waals surface area contributed by atoms with Crippen LogP contribution in [0, 0.1) is 0 Å². The number of hydrogen-bond acceptors (Lipinski definition) is 4. The minimum absolute atomic E-state index is 0.171. The first-order valence-corrected chi connectivity index (χ1v) is 11.8. The van der Waals surface area contributed by atoms with Crippen LogP contribution in [0.25, 0.3) is 5.65 Å². The molecule has 1 fully saturated rings. The molecule has 2 unspecified atom stereocenters. The molecule has 0 spiro atoms. The van der Waals surface area contributed by atoms with Gasteiger partial charge < -0.3 is 14.7 Å². The number of benzene rings is 2. The number of carbonyl (C=O) groups is 1. The summed E-state index contributed by atoms with van der Waals surface area (Å²) in [7, 11) is 0. The molecule has 2 aromatic carbocycles. The van der Waals surface area contributed by atoms with E-state index in [-0.39, 0.29) is 11.8 Å². The van der Waals surface area contributed by atoms with Crippen molar-refractivity contribution < 1.29 is 14.6 Å². The third-order valence-electron chi connectivity index (χ3n) is 6.60. The molecular weight excluding hydrogens is 426 g/mol. The van der Waals surface area contributed by atoms with Crippen molar-refractivity contribution >= 4 is 17.3 Å². The first-order valence-electron chi connectivity index (χ1n) is 11.8. The average molecular weight is 456 g/mol. The largest absolute Gasteiger partial charge is 0.477 e. The molecule has 6 nitrogen and oxygen atoms in total. The van der Waals surface area contributed by atoms with E-state index in [1.165, 1.54) is 17.3 Å². The Morgan fingerprint density at radius 1 is 1.00 bits per heavy atom. The molecule has 34 heavy (non-hydrogen) atoms. The van der Waals surface area contributed by atoms with Gasteiger partial charge in [-0.25, -0.2) is 9.78 Å². The minimum Gasteiger partial charge on any atom is -0.477 e. The summed E-state index contributed by atoms with van der Waals surface area (Å²) < 4.78 is 7.99. The van der Waals surface area contributed by atoms with Gasteiger partial charge in [-0.3, -0.25) is 4.40 Å². The Hall–Kier alpha value is -3.64. The van der Waals surface area contributed by atoms with E-state index < -0.39 is 5.97 Å². The van der Waals surface area contributed by atoms with Crippen LogP contribution in [0.3, 0.4) is 0 Å². The molecule has 2 atom stereocenters. The van der Waals surface area contributed by atoms with Crippen LogP contribution in [0.15, 0.2) is 85.2 Å². The second kappa shape index (κ2) is 10.1. The number of ether oxygens (including phenoxy) is 1. The molecule has 4 aromatic rings. The van der Waals surface area contributed by atoms with E-state index in [1.807, 2.05) is 42.6 Å². The number of nitrogens with zero attached hydrogens (tertiary/aromatic N) is 3. The highest BCUT2D eigenvalue weighted by Crippen LogP contribution is 2.31. The van der Waals surface area contributed by atoms with Gasteiger partial charge in [-0.15, -0.1) is 0 Å². The predicted molar refractivity (Wildman–Crippen MR) is 132 cm³/mol. The summed E-state index contributed by atoms with van der Waals surface area (Å²) in [5, 5.41) is 9.58. The van der Waals surface area contributed by atoms with Crippen molar-refractivity contribution in [2.45, 2.75) is 51.0 Å². The summed E-state index contributed by atoms with van der Waals surface area (Å²) in [6, 6.07) is 25.0. The highest BCUT2D eigenvalue weighted by atomic mass is 16.5. The molecule has 174 valence electrons. The fourth-order valence-corrected chi connectivity index (χ4v) is 4.85. The van der Waals surface area contributed by atoms with Crippen molar-refractivity contribution in [2.24, 2.45) is 0 Å². The predicted octanol–water partition coefficient (Wildman–Crippen LogP) is 5.57. The van der Waals surface area contributed by atoms with E-state index in [1.54, 1.807) is 4.40 Å². The Bertz CT molecular complexity index is 1240. The Morgan fingerprint density at radius 3 is 2.47 bits per heavy atom. The fourth-order valence-electron chi connectivity index (χ4n) is 4.85. The summed E-state index contributed by atoms with van der Waals surface area (Å²) in [5.41, 5.74) is 4.21. The van der Waals surface area contributed by atoms with Gasteiger partial charge in [0.2, 0.25) is 0 Å². The van der Waals surface area contributed by atoms with E-state index in [0.29, 0.717) is 18.3 Å². The van der Waals surface area contributed by atoms with Gasteiger partial charge in [-0.05, 0) is 48.9 Å². The summed E-state index contributed by atoms with van der Waals surface area (Å²) in [4.78, 5) is 18.3. The van der Waals surface area contributed by atoms with Gasteiger partial charge in [-0.2, -0.15) is 0 Å². The topological polar surface area (TPSA) is 67.1 Å². The van der Waals surface area contributed by atoms with Crippen LogP contribution in [-0.4, -0.2) is 32.6 Å². The molecule has 0 amide bonds. The van der Waals surface area contributed by atoms with Crippen LogP contribution >= 0.6 is 0 Å². The molecule has 1 aliphatic rings. The number of carboxylic acid groups (broad SMARTS) is 1. The molecule has 1 aliphatic carbocycles. The third kappa shape index (κ3) is 4.97. The number of pyridine rings is 1. The lowest BCUT2D eigenvalue weighted by Gasteiger charge is -2.39. The van der Waals surface area contributed by atoms with Crippen molar-refractivity contribution in [3.63, 3.8) is 0 Å². The van der Waals surface area contributed by atoms with Crippen molar-refractivity contribution in [1.82, 2.24) is 9.38 Å². The van der Waals surface area contributed by atoms with Crippen molar-refractivity contribution in [3.8, 4) is 0 Å². The summed E-state index contributed by atoms with van der Waals surface area (Å²) in [5.74, 6) is -0.980. The molecule has 1 N–H and O–H groups in total. The second-order valence-electron chi connectivity index (χ2n) is 8.92. The monoisotopic (exact) mass is 455 g/mol. The number of anilines is 1. The molecule has 0 radical (unpaired) electrons. The Labute approximate surface area is 199 Å². The lowest BCUT2D eigenvalue weighted by atomic mass is 9.91. The first kappa shape index (κ1) is 22.2. The van der Waals surface area contributed by atoms with Crippen LogP contribution in [0.1, 0.15) is 47.3 Å². The maximum absolute atomic E-state index is 11.7. The van der Waals surface area contributed by atoms with Gasteiger partial charge in [-0.1, -0.05) is 60.7 Å². The summed E-state index contributed by atoms with van der Waals surface area (Å²) in [6.07, 6.45) is 7.69. The smallest absolute Gasteiger partial charge is 0.354 e. The zero-order valence-corrected chi connectivity index (χ0v) is 19.1. The normalized spacial score (nSPS) is 18.1. The van der Waals surface area contributed by atoms with E-state index in [9.17, 15) is 9.90 Å². The van der Waals surface area contributed by atoms with E-state index in [4.69, 9.17) is 4.74 Å². The van der Waals surface area contributed by atoms with Crippen molar-refractivity contribution in [2.75, 3.05) is 4.90 Å². The first-order chi connectivity index (χ1) is 16.7. The summed E-state index contributed by atoms with van der Waals surface area (Å²) >= 11 is 0. The van der Waals surface area contributed by atoms with Crippen LogP contribution in [0.2, 0.25) is 0 Å². The molecule has 0 aliphatic heterocycles. The third-order valence-corrected chi connectivity index (χ3v) is 6.60. The maximum atomic E-state index is 11.7. The standard InChI is InChI=1S/C28H29N3O3/c32-28(33)26-17-29-27-15-14-24(19-31(26)27)30(18-21-8-3-1-4-9-21)23-12-7-13-25(16-23)34-20-22-10-5-2-6-11-22/h1-6,8-11,14-15,17,19,23,25H,7,12-13,16,18,20H2,(H,32,33).